The number of rotatable bonds is 5. The Morgan fingerprint density at radius 3 is 1.71 bits per heavy atom. The van der Waals surface area contributed by atoms with E-state index >= 15 is 0 Å². The predicted molar refractivity (Wildman–Crippen MR) is 234 cm³/mol. The fourth-order valence-corrected chi connectivity index (χ4v) is 10.1. The topological polar surface area (TPSA) is 40.6 Å². The zero-order valence-corrected chi connectivity index (χ0v) is 30.9. The minimum absolute atomic E-state index is 0.844. The van der Waals surface area contributed by atoms with E-state index in [2.05, 4.69) is 173 Å². The van der Waals surface area contributed by atoms with Crippen LogP contribution in [0.3, 0.4) is 0 Å². The van der Waals surface area contributed by atoms with E-state index in [9.17, 15) is 0 Å². The van der Waals surface area contributed by atoms with Crippen LogP contribution in [-0.2, 0) is 0 Å². The van der Waals surface area contributed by atoms with E-state index in [1.165, 1.54) is 47.4 Å². The van der Waals surface area contributed by atoms with E-state index in [4.69, 9.17) is 10.3 Å². The van der Waals surface area contributed by atoms with Gasteiger partial charge in [0, 0.05) is 52.8 Å². The molecule has 0 radical (unpaired) electrons. The second-order valence-corrected chi connectivity index (χ2v) is 15.3. The van der Waals surface area contributed by atoms with Crippen LogP contribution in [0.1, 0.15) is 0 Å². The molecule has 0 fully saturated rings. The van der Waals surface area contributed by atoms with Gasteiger partial charge in [-0.05, 0) is 54.6 Å². The summed E-state index contributed by atoms with van der Waals surface area (Å²) >= 11 is 1.89. The molecule has 0 aliphatic heterocycles. The van der Waals surface area contributed by atoms with Gasteiger partial charge in [0.25, 0.3) is 0 Å². The lowest BCUT2D eigenvalue weighted by atomic mass is 9.99. The zero-order chi connectivity index (χ0) is 36.7. The molecule has 8 aromatic carbocycles. The van der Waals surface area contributed by atoms with Crippen molar-refractivity contribution in [2.45, 2.75) is 0 Å². The predicted octanol–water partition coefficient (Wildman–Crippen LogP) is 13.2. The summed E-state index contributed by atoms with van der Waals surface area (Å²) in [6.45, 7) is 0. The first-order valence-corrected chi connectivity index (χ1v) is 19.7. The molecule has 0 spiro atoms. The summed E-state index contributed by atoms with van der Waals surface area (Å²) in [7, 11) is 0. The highest BCUT2D eigenvalue weighted by Crippen LogP contribution is 2.46. The minimum atomic E-state index is 0.844. The van der Waals surface area contributed by atoms with Gasteiger partial charge in [-0.25, -0.2) is 4.68 Å². The molecule has 5 nitrogen and oxygen atoms in total. The molecule has 0 atom stereocenters. The molecule has 12 aromatic rings. The van der Waals surface area contributed by atoms with Gasteiger partial charge in [0.15, 0.2) is 0 Å². The maximum atomic E-state index is 4.84. The highest BCUT2D eigenvalue weighted by atomic mass is 32.1. The normalized spacial score (nSPS) is 11.9. The smallest absolute Gasteiger partial charge is 0.121 e. The van der Waals surface area contributed by atoms with Gasteiger partial charge in [-0.3, -0.25) is 0 Å². The average molecular weight is 734 g/mol. The lowest BCUT2D eigenvalue weighted by Gasteiger charge is -2.17. The summed E-state index contributed by atoms with van der Waals surface area (Å²) in [4.78, 5) is 0. The second-order valence-electron chi connectivity index (χ2n) is 14.2. The molecule has 0 saturated heterocycles. The van der Waals surface area contributed by atoms with Gasteiger partial charge < -0.3 is 9.13 Å². The molecular weight excluding hydrogens is 703 g/mol. The Balaban J connectivity index is 1.17. The van der Waals surface area contributed by atoms with Gasteiger partial charge in [0.2, 0.25) is 0 Å². The van der Waals surface area contributed by atoms with Crippen LogP contribution in [0.15, 0.2) is 188 Å². The minimum Gasteiger partial charge on any atom is -0.307 e. The summed E-state index contributed by atoms with van der Waals surface area (Å²) in [5, 5.41) is 17.1. The first-order valence-electron chi connectivity index (χ1n) is 18.9. The van der Waals surface area contributed by atoms with Gasteiger partial charge in [-0.15, -0.1) is 16.4 Å². The molecule has 0 N–H and O–H groups in total. The van der Waals surface area contributed by atoms with Crippen LogP contribution in [0.4, 0.5) is 0 Å². The zero-order valence-electron chi connectivity index (χ0n) is 30.0. The third-order valence-electron chi connectivity index (χ3n) is 11.2. The molecule has 0 unspecified atom stereocenters. The van der Waals surface area contributed by atoms with Crippen molar-refractivity contribution in [3.63, 3.8) is 0 Å². The maximum Gasteiger partial charge on any atom is 0.121 e. The fourth-order valence-electron chi connectivity index (χ4n) is 8.88. The standard InChI is InChI=1S/C50H31N5S/c1-3-16-32(17-4-1)48-49(55(52-51-48)33-18-5-2-6-19-33)38-23-15-28-43-46(38)36-21-7-10-24-39(36)53(43)41-26-12-13-27-42(41)54-40-25-11-8-22-37(40)47-44(54)31-30-35-34-20-9-14-29-45(34)56-50(35)47/h1-31H. The van der Waals surface area contributed by atoms with E-state index < -0.39 is 0 Å². The van der Waals surface area contributed by atoms with Crippen molar-refractivity contribution < 1.29 is 0 Å². The monoisotopic (exact) mass is 733 g/mol. The quantitative estimate of drug-likeness (QED) is 0.177. The Morgan fingerprint density at radius 1 is 0.411 bits per heavy atom. The second kappa shape index (κ2) is 12.1. The van der Waals surface area contributed by atoms with Crippen LogP contribution in [0, 0.1) is 0 Å². The van der Waals surface area contributed by atoms with Gasteiger partial charge in [-0.1, -0.05) is 139 Å². The van der Waals surface area contributed by atoms with Crippen LogP contribution in [-0.4, -0.2) is 24.1 Å². The molecule has 0 bridgehead atoms. The number of fused-ring (bicyclic) bond motifs is 10. The largest absolute Gasteiger partial charge is 0.307 e. The fraction of sp³-hybridized carbons (Fsp3) is 0. The average Bonchev–Trinajstić information content (AvgIpc) is 4.04. The number of benzene rings is 8. The molecule has 6 heteroatoms. The van der Waals surface area contributed by atoms with E-state index in [0.29, 0.717) is 0 Å². The molecule has 56 heavy (non-hydrogen) atoms. The van der Waals surface area contributed by atoms with Gasteiger partial charge in [-0.2, -0.15) is 0 Å². The van der Waals surface area contributed by atoms with Crippen molar-refractivity contribution in [2.75, 3.05) is 0 Å². The van der Waals surface area contributed by atoms with Crippen molar-refractivity contribution in [3.05, 3.63) is 188 Å². The lowest BCUT2D eigenvalue weighted by Crippen LogP contribution is -2.03. The van der Waals surface area contributed by atoms with E-state index in [1.54, 1.807) is 0 Å². The molecule has 0 saturated carbocycles. The van der Waals surface area contributed by atoms with Gasteiger partial charge >= 0.3 is 0 Å². The molecule has 12 rings (SSSR count). The van der Waals surface area contributed by atoms with Crippen LogP contribution in [0.5, 0.6) is 0 Å². The van der Waals surface area contributed by atoms with Crippen molar-refractivity contribution in [1.82, 2.24) is 24.1 Å². The van der Waals surface area contributed by atoms with E-state index in [-0.39, 0.29) is 0 Å². The summed E-state index contributed by atoms with van der Waals surface area (Å²) in [5.41, 5.74) is 11.7. The number of nitrogens with zero attached hydrogens (tertiary/aromatic N) is 5. The number of thiophene rings is 1. The third-order valence-corrected chi connectivity index (χ3v) is 12.4. The highest BCUT2D eigenvalue weighted by Gasteiger charge is 2.25. The molecule has 4 heterocycles. The maximum absolute atomic E-state index is 4.84. The molecule has 4 aromatic heterocycles. The van der Waals surface area contributed by atoms with Crippen LogP contribution >= 0.6 is 11.3 Å². The van der Waals surface area contributed by atoms with Crippen LogP contribution in [0.2, 0.25) is 0 Å². The van der Waals surface area contributed by atoms with Crippen molar-refractivity contribution in [2.24, 2.45) is 0 Å². The first-order chi connectivity index (χ1) is 27.8. The number of aromatic nitrogens is 5. The van der Waals surface area contributed by atoms with Crippen molar-refractivity contribution in [1.29, 1.82) is 0 Å². The van der Waals surface area contributed by atoms with Crippen LogP contribution < -0.4 is 0 Å². The summed E-state index contributed by atoms with van der Waals surface area (Å²) in [6.07, 6.45) is 0. The van der Waals surface area contributed by atoms with Crippen LogP contribution in [0.25, 0.3) is 103 Å². The number of hydrogen-bond acceptors (Lipinski definition) is 3. The Bertz CT molecular complexity index is 3420. The van der Waals surface area contributed by atoms with Crippen molar-refractivity contribution in [3.8, 4) is 39.6 Å². The summed E-state index contributed by atoms with van der Waals surface area (Å²) in [5.74, 6) is 0. The van der Waals surface area contributed by atoms with Gasteiger partial charge in [0.05, 0.1) is 39.1 Å². The molecule has 0 aliphatic rings. The third kappa shape index (κ3) is 4.42. The molecule has 262 valence electrons. The first kappa shape index (κ1) is 31.1. The Morgan fingerprint density at radius 2 is 0.982 bits per heavy atom. The molecular formula is C50H31N5S. The summed E-state index contributed by atoms with van der Waals surface area (Å²) in [6, 6.07) is 67.2. The molecule has 0 amide bonds. The number of para-hydroxylation sites is 5. The Kier molecular flexibility index (Phi) is 6.73. The number of hydrogen-bond donors (Lipinski definition) is 0. The Labute approximate surface area is 325 Å². The van der Waals surface area contributed by atoms with E-state index in [1.807, 2.05) is 40.3 Å². The lowest BCUT2D eigenvalue weighted by molar-refractivity contribution is 0.809. The van der Waals surface area contributed by atoms with E-state index in [0.717, 1.165) is 56.0 Å². The molecule has 0 aliphatic carbocycles. The Hall–Kier alpha value is -7.28. The SMILES string of the molecule is c1ccc(-c2nnn(-c3ccccc3)c2-c2cccc3c2c2ccccc2n3-c2ccccc2-n2c3ccccc3c3c4sc5ccccc5c4ccc32)cc1. The highest BCUT2D eigenvalue weighted by molar-refractivity contribution is 7.26. The van der Waals surface area contributed by atoms with Crippen molar-refractivity contribution >= 4 is 75.1 Å². The van der Waals surface area contributed by atoms with Gasteiger partial charge in [0.1, 0.15) is 11.4 Å². The summed E-state index contributed by atoms with van der Waals surface area (Å²) < 4.78 is 9.55.